The normalized spacial score (nSPS) is 10.5. The Labute approximate surface area is 251 Å². The third-order valence-electron chi connectivity index (χ3n) is 5.59. The number of anilines is 4. The Bertz CT molecular complexity index is 1740. The van der Waals surface area contributed by atoms with E-state index in [0.717, 1.165) is 16.6 Å². The minimum atomic E-state index is -0.0137. The standard InChI is InChI=1S/C28H23ClN8O2S2/c1-16-23(15-17-14-19(38-2)12-13-21(17)30-16)39-26-34-24(36-27(40)31-18-8-4-3-5-9-18)33-25(35-26)37-28(41)32-22-11-7-6-10-20(22)29/h3-15H,1-2H3,(H4,31,32,33,34,35,36,37,40,41). The molecule has 0 aliphatic carbocycles. The average molecular weight is 603 g/mol. The van der Waals surface area contributed by atoms with Gasteiger partial charge in [-0.25, -0.2) is 4.98 Å². The molecule has 0 saturated heterocycles. The molecule has 206 valence electrons. The lowest BCUT2D eigenvalue weighted by atomic mass is 10.2. The van der Waals surface area contributed by atoms with Crippen molar-refractivity contribution in [3.63, 3.8) is 0 Å². The first-order chi connectivity index (χ1) is 19.9. The van der Waals surface area contributed by atoms with Crippen LogP contribution in [0, 0.1) is 6.92 Å². The zero-order chi connectivity index (χ0) is 28.8. The van der Waals surface area contributed by atoms with E-state index in [1.165, 1.54) is 0 Å². The number of hydrogen-bond donors (Lipinski definition) is 4. The van der Waals surface area contributed by atoms with E-state index < -0.39 is 0 Å². The molecular formula is C28H23ClN8O2S2. The van der Waals surface area contributed by atoms with Crippen LogP contribution in [0.5, 0.6) is 17.5 Å². The number of halogens is 1. The van der Waals surface area contributed by atoms with Crippen molar-refractivity contribution in [2.45, 2.75) is 6.92 Å². The number of ether oxygens (including phenoxy) is 2. The van der Waals surface area contributed by atoms with Gasteiger partial charge in [0.05, 0.1) is 29.0 Å². The molecule has 4 N–H and O–H groups in total. The Balaban J connectivity index is 1.43. The molecule has 41 heavy (non-hydrogen) atoms. The predicted molar refractivity (Wildman–Crippen MR) is 171 cm³/mol. The predicted octanol–water partition coefficient (Wildman–Crippen LogP) is 6.80. The number of aromatic nitrogens is 4. The van der Waals surface area contributed by atoms with Crippen LogP contribution >= 0.6 is 36.0 Å². The van der Waals surface area contributed by atoms with Gasteiger partial charge in [0.25, 0.3) is 0 Å². The molecular weight excluding hydrogens is 580 g/mol. The van der Waals surface area contributed by atoms with Gasteiger partial charge in [-0.2, -0.15) is 15.0 Å². The van der Waals surface area contributed by atoms with Crippen LogP contribution in [-0.4, -0.2) is 37.3 Å². The molecule has 0 atom stereocenters. The van der Waals surface area contributed by atoms with Crippen molar-refractivity contribution in [2.75, 3.05) is 28.4 Å². The Kier molecular flexibility index (Phi) is 8.63. The number of rotatable bonds is 7. The summed E-state index contributed by atoms with van der Waals surface area (Å²) < 4.78 is 11.4. The van der Waals surface area contributed by atoms with Crippen LogP contribution in [0.2, 0.25) is 5.02 Å². The number of para-hydroxylation sites is 2. The number of nitrogens with zero attached hydrogens (tertiary/aromatic N) is 4. The van der Waals surface area contributed by atoms with Gasteiger partial charge in [0.15, 0.2) is 16.0 Å². The molecule has 2 heterocycles. The fraction of sp³-hybridized carbons (Fsp3) is 0.0714. The maximum absolute atomic E-state index is 6.25. The molecule has 5 rings (SSSR count). The van der Waals surface area contributed by atoms with Crippen molar-refractivity contribution in [1.82, 2.24) is 19.9 Å². The van der Waals surface area contributed by atoms with Gasteiger partial charge in [-0.05, 0) is 79.9 Å². The van der Waals surface area contributed by atoms with Crippen LogP contribution in [-0.2, 0) is 0 Å². The minimum absolute atomic E-state index is 0.0137. The highest BCUT2D eigenvalue weighted by Gasteiger charge is 2.14. The highest BCUT2D eigenvalue weighted by atomic mass is 35.5. The van der Waals surface area contributed by atoms with E-state index in [1.54, 1.807) is 19.2 Å². The molecule has 0 bridgehead atoms. The summed E-state index contributed by atoms with van der Waals surface area (Å²) >= 11 is 17.2. The zero-order valence-corrected chi connectivity index (χ0v) is 24.2. The molecule has 0 aliphatic heterocycles. The largest absolute Gasteiger partial charge is 0.497 e. The summed E-state index contributed by atoms with van der Waals surface area (Å²) in [6.07, 6.45) is 0. The maximum atomic E-state index is 6.25. The van der Waals surface area contributed by atoms with Gasteiger partial charge in [-0.1, -0.05) is 41.9 Å². The van der Waals surface area contributed by atoms with Crippen molar-refractivity contribution in [2.24, 2.45) is 0 Å². The third-order valence-corrected chi connectivity index (χ3v) is 6.32. The fourth-order valence-corrected chi connectivity index (χ4v) is 4.27. The van der Waals surface area contributed by atoms with Gasteiger partial charge < -0.3 is 30.7 Å². The molecule has 10 nitrogen and oxygen atoms in total. The molecule has 0 spiro atoms. The van der Waals surface area contributed by atoms with Gasteiger partial charge in [0.2, 0.25) is 11.9 Å². The summed E-state index contributed by atoms with van der Waals surface area (Å²) in [6, 6.07) is 24.1. The summed E-state index contributed by atoms with van der Waals surface area (Å²) in [5.74, 6) is 1.39. The van der Waals surface area contributed by atoms with E-state index in [9.17, 15) is 0 Å². The molecule has 5 aromatic rings. The van der Waals surface area contributed by atoms with Crippen LogP contribution in [0.1, 0.15) is 5.69 Å². The topological polar surface area (TPSA) is 118 Å². The zero-order valence-electron chi connectivity index (χ0n) is 21.8. The number of aryl methyl sites for hydroxylation is 1. The Morgan fingerprint density at radius 3 is 2.15 bits per heavy atom. The van der Waals surface area contributed by atoms with Gasteiger partial charge in [0.1, 0.15) is 5.75 Å². The molecule has 0 unspecified atom stereocenters. The third kappa shape index (κ3) is 7.31. The lowest BCUT2D eigenvalue weighted by Gasteiger charge is -2.14. The second-order valence-electron chi connectivity index (χ2n) is 8.50. The lowest BCUT2D eigenvalue weighted by Crippen LogP contribution is -2.23. The van der Waals surface area contributed by atoms with Crippen LogP contribution in [0.4, 0.5) is 23.3 Å². The number of hydrogen-bond acceptors (Lipinski definition) is 8. The van der Waals surface area contributed by atoms with E-state index in [4.69, 9.17) is 45.5 Å². The van der Waals surface area contributed by atoms with Crippen molar-refractivity contribution in [1.29, 1.82) is 0 Å². The lowest BCUT2D eigenvalue weighted by molar-refractivity contribution is 0.415. The van der Waals surface area contributed by atoms with Crippen molar-refractivity contribution >= 4 is 80.4 Å². The quantitative estimate of drug-likeness (QED) is 0.147. The second kappa shape index (κ2) is 12.7. The number of thiocarbonyl (C=S) groups is 2. The van der Waals surface area contributed by atoms with Crippen LogP contribution < -0.4 is 30.7 Å². The minimum Gasteiger partial charge on any atom is -0.497 e. The SMILES string of the molecule is COc1ccc2nc(C)c(Oc3nc(NC(=S)Nc4ccccc4)nc(NC(=S)Nc4ccccc4Cl)n3)cc2c1. The molecule has 3 aromatic carbocycles. The van der Waals surface area contributed by atoms with Crippen LogP contribution in [0.3, 0.4) is 0 Å². The summed E-state index contributed by atoms with van der Waals surface area (Å²) in [5, 5.41) is 13.8. The molecule has 0 saturated carbocycles. The number of benzene rings is 3. The summed E-state index contributed by atoms with van der Waals surface area (Å²) in [5.41, 5.74) is 2.86. The highest BCUT2D eigenvalue weighted by Crippen LogP contribution is 2.29. The first kappa shape index (κ1) is 27.9. The molecule has 0 aliphatic rings. The Morgan fingerprint density at radius 1 is 0.756 bits per heavy atom. The number of pyridine rings is 1. The van der Waals surface area contributed by atoms with Crippen LogP contribution in [0.25, 0.3) is 10.9 Å². The highest BCUT2D eigenvalue weighted by molar-refractivity contribution is 7.81. The van der Waals surface area contributed by atoms with E-state index in [-0.39, 0.29) is 28.1 Å². The molecule has 13 heteroatoms. The monoisotopic (exact) mass is 602 g/mol. The Hall–Kier alpha value is -4.65. The van der Waals surface area contributed by atoms with Crippen molar-refractivity contribution < 1.29 is 9.47 Å². The maximum Gasteiger partial charge on any atom is 0.328 e. The van der Waals surface area contributed by atoms with E-state index in [0.29, 0.717) is 27.9 Å². The van der Waals surface area contributed by atoms with Gasteiger partial charge in [-0.3, -0.25) is 0 Å². The summed E-state index contributed by atoms with van der Waals surface area (Å²) in [4.78, 5) is 17.9. The van der Waals surface area contributed by atoms with E-state index >= 15 is 0 Å². The number of methoxy groups -OCH3 is 1. The summed E-state index contributed by atoms with van der Waals surface area (Å²) in [6.45, 7) is 1.83. The van der Waals surface area contributed by atoms with Crippen molar-refractivity contribution in [3.8, 4) is 17.5 Å². The smallest absolute Gasteiger partial charge is 0.328 e. The van der Waals surface area contributed by atoms with Gasteiger partial charge >= 0.3 is 6.01 Å². The molecule has 0 amide bonds. The first-order valence-corrected chi connectivity index (χ1v) is 13.4. The van der Waals surface area contributed by atoms with Gasteiger partial charge in [0, 0.05) is 11.1 Å². The molecule has 0 radical (unpaired) electrons. The first-order valence-electron chi connectivity index (χ1n) is 12.2. The van der Waals surface area contributed by atoms with E-state index in [2.05, 4.69) is 41.2 Å². The molecule has 0 fully saturated rings. The Morgan fingerprint density at radius 2 is 1.44 bits per heavy atom. The van der Waals surface area contributed by atoms with Crippen LogP contribution in [0.15, 0.2) is 78.9 Å². The fourth-order valence-electron chi connectivity index (χ4n) is 3.68. The van der Waals surface area contributed by atoms with E-state index in [1.807, 2.05) is 73.7 Å². The van der Waals surface area contributed by atoms with Gasteiger partial charge in [-0.15, -0.1) is 0 Å². The number of fused-ring (bicyclic) bond motifs is 1. The van der Waals surface area contributed by atoms with Crippen molar-refractivity contribution in [3.05, 3.63) is 89.6 Å². The average Bonchev–Trinajstić information content (AvgIpc) is 2.95. The second-order valence-corrected chi connectivity index (χ2v) is 9.73. The number of nitrogens with one attached hydrogen (secondary N) is 4. The molecule has 2 aromatic heterocycles. The summed E-state index contributed by atoms with van der Waals surface area (Å²) in [7, 11) is 1.61.